The molecule has 1 N–H and O–H groups in total. The quantitative estimate of drug-likeness (QED) is 0.695. The summed E-state index contributed by atoms with van der Waals surface area (Å²) < 4.78 is 14.6. The molecule has 0 radical (unpaired) electrons. The first-order valence-electron chi connectivity index (χ1n) is 11.7. The molecule has 3 heterocycles. The SMILES string of the molecule is C=C1CC(OCC2=C(C)CCC=C2C)CC(C)N1CC(O)Cn1nc2n(c1=O)CCOC2. The molecule has 1 saturated heterocycles. The van der Waals surface area contributed by atoms with E-state index in [1.807, 2.05) is 0 Å². The van der Waals surface area contributed by atoms with Crippen molar-refractivity contribution in [3.63, 3.8) is 0 Å². The molecule has 32 heavy (non-hydrogen) atoms. The van der Waals surface area contributed by atoms with E-state index in [1.54, 1.807) is 4.57 Å². The predicted octanol–water partition coefficient (Wildman–Crippen LogP) is 2.38. The molecule has 2 aliphatic heterocycles. The Balaban J connectivity index is 1.31. The van der Waals surface area contributed by atoms with Gasteiger partial charge in [-0.2, -0.15) is 5.10 Å². The molecular weight excluding hydrogens is 408 g/mol. The van der Waals surface area contributed by atoms with Crippen LogP contribution in [0, 0.1) is 0 Å². The summed E-state index contributed by atoms with van der Waals surface area (Å²) in [5.74, 6) is 0.623. The van der Waals surface area contributed by atoms with Crippen molar-refractivity contribution < 1.29 is 14.6 Å². The fourth-order valence-corrected chi connectivity index (χ4v) is 5.01. The van der Waals surface area contributed by atoms with Gasteiger partial charge in [-0.15, -0.1) is 0 Å². The summed E-state index contributed by atoms with van der Waals surface area (Å²) in [5.41, 5.74) is 4.90. The summed E-state index contributed by atoms with van der Waals surface area (Å²) >= 11 is 0. The molecule has 1 aliphatic carbocycles. The molecule has 1 aromatic heterocycles. The van der Waals surface area contributed by atoms with Crippen molar-refractivity contribution in [1.29, 1.82) is 0 Å². The number of piperidine rings is 1. The Kier molecular flexibility index (Phi) is 7.02. The van der Waals surface area contributed by atoms with Crippen molar-refractivity contribution in [2.75, 3.05) is 19.8 Å². The third-order valence-corrected chi connectivity index (χ3v) is 6.91. The van der Waals surface area contributed by atoms with Gasteiger partial charge >= 0.3 is 5.69 Å². The van der Waals surface area contributed by atoms with Gasteiger partial charge in [0, 0.05) is 24.7 Å². The summed E-state index contributed by atoms with van der Waals surface area (Å²) in [4.78, 5) is 14.6. The highest BCUT2D eigenvalue weighted by Crippen LogP contribution is 2.30. The second-order valence-electron chi connectivity index (χ2n) is 9.36. The number of aromatic nitrogens is 3. The van der Waals surface area contributed by atoms with Crippen LogP contribution in [-0.2, 0) is 29.2 Å². The van der Waals surface area contributed by atoms with Crippen LogP contribution in [0.2, 0.25) is 0 Å². The maximum absolute atomic E-state index is 12.5. The van der Waals surface area contributed by atoms with Gasteiger partial charge in [-0.25, -0.2) is 9.48 Å². The summed E-state index contributed by atoms with van der Waals surface area (Å²) in [5, 5.41) is 15.0. The molecule has 0 bridgehead atoms. The third-order valence-electron chi connectivity index (χ3n) is 6.91. The first-order valence-corrected chi connectivity index (χ1v) is 11.7. The number of rotatable bonds is 7. The van der Waals surface area contributed by atoms with Gasteiger partial charge in [-0.05, 0) is 51.2 Å². The van der Waals surface area contributed by atoms with E-state index in [4.69, 9.17) is 9.47 Å². The number of nitrogens with zero attached hydrogens (tertiary/aromatic N) is 4. The molecule has 1 aromatic rings. The normalized spacial score (nSPS) is 25.1. The van der Waals surface area contributed by atoms with Crippen molar-refractivity contribution in [3.05, 3.63) is 51.4 Å². The molecule has 3 unspecified atom stereocenters. The van der Waals surface area contributed by atoms with Crippen LogP contribution in [0.4, 0.5) is 0 Å². The number of aliphatic hydroxyl groups is 1. The van der Waals surface area contributed by atoms with Crippen LogP contribution in [0.5, 0.6) is 0 Å². The number of β-amino-alcohol motifs (C(OH)–C–C–N with tert-alkyl or cyclic N) is 1. The van der Waals surface area contributed by atoms with E-state index in [1.165, 1.54) is 21.4 Å². The number of likely N-dealkylation sites (tertiary alicyclic amines) is 1. The number of hydrogen-bond donors (Lipinski definition) is 1. The van der Waals surface area contributed by atoms with Crippen LogP contribution < -0.4 is 5.69 Å². The van der Waals surface area contributed by atoms with Crippen LogP contribution in [0.15, 0.2) is 39.9 Å². The molecule has 0 spiro atoms. The topological polar surface area (TPSA) is 81.8 Å². The van der Waals surface area contributed by atoms with Crippen molar-refractivity contribution in [3.8, 4) is 0 Å². The maximum Gasteiger partial charge on any atom is 0.346 e. The minimum Gasteiger partial charge on any atom is -0.389 e. The first-order chi connectivity index (χ1) is 15.3. The molecule has 4 rings (SSSR count). The fraction of sp³-hybridized carbons (Fsp3) is 0.667. The van der Waals surface area contributed by atoms with E-state index in [2.05, 4.69) is 43.4 Å². The molecule has 8 heteroatoms. The third kappa shape index (κ3) is 4.92. The zero-order chi connectivity index (χ0) is 22.8. The smallest absolute Gasteiger partial charge is 0.346 e. The highest BCUT2D eigenvalue weighted by atomic mass is 16.5. The van der Waals surface area contributed by atoms with E-state index in [0.717, 1.165) is 31.4 Å². The molecule has 3 aliphatic rings. The van der Waals surface area contributed by atoms with Crippen molar-refractivity contribution in [2.24, 2.45) is 0 Å². The van der Waals surface area contributed by atoms with Crippen molar-refractivity contribution >= 4 is 0 Å². The fourth-order valence-electron chi connectivity index (χ4n) is 5.01. The molecular formula is C24H36N4O4. The standard InChI is InChI=1S/C24H36N4O4/c1-16-6-5-7-17(2)22(16)14-32-21-10-18(3)27(19(4)11-21)12-20(29)13-28-24(30)26-8-9-31-15-23(26)25-28/h6,19-21,29H,3,5,7-15H2,1-2,4H3. The highest BCUT2D eigenvalue weighted by Gasteiger charge is 2.30. The van der Waals surface area contributed by atoms with Crippen LogP contribution in [-0.4, -0.2) is 62.4 Å². The minimum atomic E-state index is -0.718. The Morgan fingerprint density at radius 2 is 2.19 bits per heavy atom. The zero-order valence-corrected chi connectivity index (χ0v) is 19.5. The van der Waals surface area contributed by atoms with Crippen molar-refractivity contribution in [2.45, 2.75) is 84.4 Å². The summed E-state index contributed by atoms with van der Waals surface area (Å²) in [6.45, 7) is 13.4. The number of ether oxygens (including phenoxy) is 2. The number of fused-ring (bicyclic) bond motifs is 1. The van der Waals surface area contributed by atoms with Gasteiger partial charge in [-0.3, -0.25) is 4.57 Å². The van der Waals surface area contributed by atoms with Gasteiger partial charge in [0.2, 0.25) is 0 Å². The monoisotopic (exact) mass is 444 g/mol. The van der Waals surface area contributed by atoms with Crippen LogP contribution >= 0.6 is 0 Å². The lowest BCUT2D eigenvalue weighted by molar-refractivity contribution is 0.00414. The van der Waals surface area contributed by atoms with Crippen LogP contribution in [0.25, 0.3) is 0 Å². The van der Waals surface area contributed by atoms with Crippen LogP contribution in [0.1, 0.15) is 52.3 Å². The lowest BCUT2D eigenvalue weighted by atomic mass is 9.93. The second-order valence-corrected chi connectivity index (χ2v) is 9.36. The molecule has 0 aromatic carbocycles. The van der Waals surface area contributed by atoms with E-state index in [0.29, 0.717) is 38.7 Å². The number of hydrogen-bond acceptors (Lipinski definition) is 6. The highest BCUT2D eigenvalue weighted by molar-refractivity contribution is 5.36. The number of aliphatic hydroxyl groups excluding tert-OH is 1. The largest absolute Gasteiger partial charge is 0.389 e. The second kappa shape index (κ2) is 9.77. The lowest BCUT2D eigenvalue weighted by Gasteiger charge is -2.41. The van der Waals surface area contributed by atoms with E-state index in [-0.39, 0.29) is 24.4 Å². The Labute approximate surface area is 189 Å². The maximum atomic E-state index is 12.5. The van der Waals surface area contributed by atoms with Gasteiger partial charge in [0.1, 0.15) is 6.61 Å². The minimum absolute atomic E-state index is 0.128. The van der Waals surface area contributed by atoms with E-state index in [9.17, 15) is 9.90 Å². The Hall–Kier alpha value is -2.16. The van der Waals surface area contributed by atoms with Gasteiger partial charge in [-0.1, -0.05) is 18.2 Å². The molecule has 176 valence electrons. The first kappa shape index (κ1) is 23.0. The average Bonchev–Trinajstić information content (AvgIpc) is 3.06. The Morgan fingerprint density at radius 1 is 1.38 bits per heavy atom. The van der Waals surface area contributed by atoms with Gasteiger partial charge in [0.15, 0.2) is 5.82 Å². The number of allylic oxidation sites excluding steroid dienone is 2. The van der Waals surface area contributed by atoms with Gasteiger partial charge in [0.25, 0.3) is 0 Å². The lowest BCUT2D eigenvalue weighted by Crippen LogP contribution is -2.46. The van der Waals surface area contributed by atoms with E-state index >= 15 is 0 Å². The predicted molar refractivity (Wildman–Crippen MR) is 122 cm³/mol. The summed E-state index contributed by atoms with van der Waals surface area (Å²) in [6, 6.07) is 0.203. The molecule has 1 fully saturated rings. The molecule has 8 nitrogen and oxygen atoms in total. The van der Waals surface area contributed by atoms with Gasteiger partial charge in [0.05, 0.1) is 38.5 Å². The Bertz CT molecular complexity index is 973. The zero-order valence-electron chi connectivity index (χ0n) is 19.5. The van der Waals surface area contributed by atoms with Crippen LogP contribution in [0.3, 0.4) is 0 Å². The molecule has 0 amide bonds. The van der Waals surface area contributed by atoms with E-state index < -0.39 is 6.10 Å². The molecule has 3 atom stereocenters. The van der Waals surface area contributed by atoms with Crippen molar-refractivity contribution in [1.82, 2.24) is 19.2 Å². The van der Waals surface area contributed by atoms with Gasteiger partial charge < -0.3 is 19.5 Å². The summed E-state index contributed by atoms with van der Waals surface area (Å²) in [6.07, 6.45) is 5.58. The molecule has 0 saturated carbocycles. The average molecular weight is 445 g/mol. The Morgan fingerprint density at radius 3 is 2.91 bits per heavy atom. The summed E-state index contributed by atoms with van der Waals surface area (Å²) in [7, 11) is 0.